The molecule has 0 radical (unpaired) electrons. The molecule has 0 aliphatic rings. The smallest absolute Gasteiger partial charge is 0.232 e. The molecular formula is C12H17N3O2S. The number of nitrogens with zero attached hydrogens (tertiary/aromatic N) is 1. The van der Waals surface area contributed by atoms with E-state index in [2.05, 4.69) is 10.3 Å². The van der Waals surface area contributed by atoms with Crippen molar-refractivity contribution in [2.45, 2.75) is 20.4 Å². The predicted molar refractivity (Wildman–Crippen MR) is 73.2 cm³/mol. The van der Waals surface area contributed by atoms with Crippen molar-refractivity contribution in [2.24, 2.45) is 11.1 Å². The van der Waals surface area contributed by atoms with E-state index in [9.17, 15) is 4.79 Å². The fourth-order valence-corrected chi connectivity index (χ4v) is 1.24. The van der Waals surface area contributed by atoms with Crippen molar-refractivity contribution >= 4 is 23.1 Å². The van der Waals surface area contributed by atoms with Gasteiger partial charge in [-0.25, -0.2) is 4.98 Å². The summed E-state index contributed by atoms with van der Waals surface area (Å²) in [6, 6.07) is 3.57. The summed E-state index contributed by atoms with van der Waals surface area (Å²) in [5.41, 5.74) is 5.55. The first-order chi connectivity index (χ1) is 8.37. The maximum Gasteiger partial charge on any atom is 0.232 e. The lowest BCUT2D eigenvalue weighted by molar-refractivity contribution is -0.126. The van der Waals surface area contributed by atoms with E-state index in [1.54, 1.807) is 33.2 Å². The number of hydrogen-bond acceptors (Lipinski definition) is 4. The summed E-state index contributed by atoms with van der Waals surface area (Å²) in [5.74, 6) is 0.333. The van der Waals surface area contributed by atoms with Crippen LogP contribution in [-0.2, 0) is 11.3 Å². The maximum atomic E-state index is 11.9. The Hall–Kier alpha value is -1.69. The minimum Gasteiger partial charge on any atom is -0.481 e. The van der Waals surface area contributed by atoms with Gasteiger partial charge in [-0.05, 0) is 19.4 Å². The molecular weight excluding hydrogens is 250 g/mol. The molecule has 0 unspecified atom stereocenters. The first-order valence-corrected chi connectivity index (χ1v) is 5.86. The minimum absolute atomic E-state index is 0.174. The highest BCUT2D eigenvalue weighted by atomic mass is 32.1. The van der Waals surface area contributed by atoms with Crippen LogP contribution in [0.3, 0.4) is 0 Å². The number of carbonyl (C=O) groups excluding carboxylic acids is 1. The number of thiocarbonyl (C=S) groups is 1. The number of ether oxygens (including phenoxy) is 1. The summed E-state index contributed by atoms with van der Waals surface area (Å²) < 4.78 is 4.95. The molecule has 5 nitrogen and oxygen atoms in total. The summed E-state index contributed by atoms with van der Waals surface area (Å²) in [6.07, 6.45) is 1.65. The van der Waals surface area contributed by atoms with E-state index in [1.165, 1.54) is 0 Å². The zero-order valence-corrected chi connectivity index (χ0v) is 11.5. The van der Waals surface area contributed by atoms with Crippen molar-refractivity contribution in [3.63, 3.8) is 0 Å². The fourth-order valence-electron chi connectivity index (χ4n) is 1.15. The third-order valence-corrected chi connectivity index (χ3v) is 3.15. The van der Waals surface area contributed by atoms with Gasteiger partial charge in [-0.3, -0.25) is 4.79 Å². The molecule has 3 N–H and O–H groups in total. The van der Waals surface area contributed by atoms with Crippen LogP contribution < -0.4 is 15.8 Å². The monoisotopic (exact) mass is 267 g/mol. The number of methoxy groups -OCH3 is 1. The van der Waals surface area contributed by atoms with Gasteiger partial charge in [0.15, 0.2) is 0 Å². The molecule has 0 bridgehead atoms. The second-order valence-electron chi connectivity index (χ2n) is 4.38. The zero-order valence-electron chi connectivity index (χ0n) is 10.7. The van der Waals surface area contributed by atoms with Crippen LogP contribution in [0, 0.1) is 5.41 Å². The van der Waals surface area contributed by atoms with E-state index in [-0.39, 0.29) is 10.9 Å². The van der Waals surface area contributed by atoms with E-state index in [0.29, 0.717) is 12.4 Å². The number of hydrogen-bond donors (Lipinski definition) is 2. The second-order valence-corrected chi connectivity index (χ2v) is 4.82. The second kappa shape index (κ2) is 5.77. The van der Waals surface area contributed by atoms with Gasteiger partial charge in [-0.15, -0.1) is 0 Å². The zero-order chi connectivity index (χ0) is 13.8. The van der Waals surface area contributed by atoms with Crippen LogP contribution in [0.2, 0.25) is 0 Å². The number of nitrogens with two attached hydrogens (primary N) is 1. The molecule has 0 saturated carbocycles. The lowest BCUT2D eigenvalue weighted by Crippen LogP contribution is -2.44. The number of pyridine rings is 1. The lowest BCUT2D eigenvalue weighted by Gasteiger charge is -2.21. The minimum atomic E-state index is -0.852. The van der Waals surface area contributed by atoms with Crippen molar-refractivity contribution in [1.29, 1.82) is 0 Å². The van der Waals surface area contributed by atoms with Crippen molar-refractivity contribution in [2.75, 3.05) is 7.11 Å². The molecule has 0 aliphatic carbocycles. The quantitative estimate of drug-likeness (QED) is 0.779. The molecule has 1 aromatic rings. The highest BCUT2D eigenvalue weighted by Gasteiger charge is 2.30. The van der Waals surface area contributed by atoms with Gasteiger partial charge in [0.2, 0.25) is 11.8 Å². The van der Waals surface area contributed by atoms with Crippen LogP contribution in [0.25, 0.3) is 0 Å². The number of amides is 1. The van der Waals surface area contributed by atoms with Gasteiger partial charge in [-0.2, -0.15) is 0 Å². The van der Waals surface area contributed by atoms with Crippen LogP contribution in [0.5, 0.6) is 5.88 Å². The normalized spacial score (nSPS) is 10.8. The Morgan fingerprint density at radius 2 is 2.22 bits per heavy atom. The third-order valence-electron chi connectivity index (χ3n) is 2.64. The Morgan fingerprint density at radius 3 is 2.67 bits per heavy atom. The summed E-state index contributed by atoms with van der Waals surface area (Å²) in [7, 11) is 1.55. The molecule has 1 rings (SSSR count). The Bertz CT molecular complexity index is 443. The van der Waals surface area contributed by atoms with E-state index in [4.69, 9.17) is 22.7 Å². The van der Waals surface area contributed by atoms with Crippen LogP contribution >= 0.6 is 12.2 Å². The summed E-state index contributed by atoms with van der Waals surface area (Å²) in [4.78, 5) is 16.1. The molecule has 1 aromatic heterocycles. The number of aromatic nitrogens is 1. The molecule has 6 heteroatoms. The van der Waals surface area contributed by atoms with Crippen LogP contribution in [0.15, 0.2) is 18.3 Å². The van der Waals surface area contributed by atoms with Gasteiger partial charge in [-0.1, -0.05) is 18.3 Å². The molecule has 0 fully saturated rings. The highest BCUT2D eigenvalue weighted by Crippen LogP contribution is 2.15. The average Bonchev–Trinajstić information content (AvgIpc) is 2.36. The third kappa shape index (κ3) is 3.40. The standard InChI is InChI=1S/C12H17N3O2S/c1-12(2,10(13)18)11(16)15-7-8-4-5-9(17-3)14-6-8/h4-6H,7H2,1-3H3,(H2,13,18)(H,15,16). The van der Waals surface area contributed by atoms with Crippen LogP contribution in [0.4, 0.5) is 0 Å². The molecule has 0 saturated heterocycles. The van der Waals surface area contributed by atoms with E-state index in [1.807, 2.05) is 6.07 Å². The summed E-state index contributed by atoms with van der Waals surface area (Å²) in [5, 5.41) is 2.77. The Labute approximate surface area is 112 Å². The lowest BCUT2D eigenvalue weighted by atomic mass is 9.92. The van der Waals surface area contributed by atoms with Gasteiger partial charge < -0.3 is 15.8 Å². The van der Waals surface area contributed by atoms with Crippen molar-refractivity contribution in [3.05, 3.63) is 23.9 Å². The van der Waals surface area contributed by atoms with Crippen LogP contribution in [0.1, 0.15) is 19.4 Å². The van der Waals surface area contributed by atoms with Crippen LogP contribution in [-0.4, -0.2) is 23.0 Å². The average molecular weight is 267 g/mol. The maximum absolute atomic E-state index is 11.9. The number of nitrogens with one attached hydrogen (secondary N) is 1. The molecule has 18 heavy (non-hydrogen) atoms. The molecule has 1 amide bonds. The molecule has 1 heterocycles. The van der Waals surface area contributed by atoms with Crippen molar-refractivity contribution < 1.29 is 9.53 Å². The highest BCUT2D eigenvalue weighted by molar-refractivity contribution is 7.80. The van der Waals surface area contributed by atoms with Gasteiger partial charge in [0, 0.05) is 18.8 Å². The van der Waals surface area contributed by atoms with Gasteiger partial charge in [0.1, 0.15) is 0 Å². The molecule has 0 aromatic carbocycles. The topological polar surface area (TPSA) is 77.2 Å². The molecule has 0 aliphatic heterocycles. The van der Waals surface area contributed by atoms with E-state index in [0.717, 1.165) is 5.56 Å². The van der Waals surface area contributed by atoms with Crippen molar-refractivity contribution in [1.82, 2.24) is 10.3 Å². The number of carbonyl (C=O) groups is 1. The van der Waals surface area contributed by atoms with E-state index < -0.39 is 5.41 Å². The Balaban J connectivity index is 2.60. The molecule has 0 atom stereocenters. The molecule has 98 valence electrons. The van der Waals surface area contributed by atoms with E-state index >= 15 is 0 Å². The number of rotatable bonds is 5. The first kappa shape index (κ1) is 14.4. The SMILES string of the molecule is COc1ccc(CNC(=O)C(C)(C)C(N)=S)cn1. The van der Waals surface area contributed by atoms with Gasteiger partial charge in [0.25, 0.3) is 0 Å². The predicted octanol–water partition coefficient (Wildman–Crippen LogP) is 1.02. The Kier molecular flexibility index (Phi) is 4.61. The summed E-state index contributed by atoms with van der Waals surface area (Å²) >= 11 is 4.86. The molecule has 0 spiro atoms. The largest absolute Gasteiger partial charge is 0.481 e. The Morgan fingerprint density at radius 1 is 1.56 bits per heavy atom. The van der Waals surface area contributed by atoms with Gasteiger partial charge in [0.05, 0.1) is 17.5 Å². The van der Waals surface area contributed by atoms with Crippen molar-refractivity contribution in [3.8, 4) is 5.88 Å². The van der Waals surface area contributed by atoms with Gasteiger partial charge >= 0.3 is 0 Å². The summed E-state index contributed by atoms with van der Waals surface area (Å²) in [6.45, 7) is 3.76. The fraction of sp³-hybridized carbons (Fsp3) is 0.417. The first-order valence-electron chi connectivity index (χ1n) is 5.45.